The zero-order valence-electron chi connectivity index (χ0n) is 27.3. The predicted molar refractivity (Wildman–Crippen MR) is 170 cm³/mol. The molecule has 1 aromatic heterocycles. The lowest BCUT2D eigenvalue weighted by molar-refractivity contribution is -0.274. The predicted octanol–water partition coefficient (Wildman–Crippen LogP) is 8.63. The molecule has 52 heavy (non-hydrogen) atoms. The van der Waals surface area contributed by atoms with E-state index in [-0.39, 0.29) is 22.6 Å². The standard InChI is InChI=1S/C27H22F9N3O2.C7H8O3S/c1-24(2,17-6-11-22(37-14-17)26(31,32)33)38-20-13-21(15-4-3-5-16(12-15)25(28,29)30)39(23(20)40)18-7-9-19(10-8-18)41-27(34,35)36;1-6-2-4-7(5-3-6)11(8,9)10/h3-12,14,20-21,38H,13H2,1-2H3;2-5H,1H3,(H,8,9,10)/t20-,21-;/m1./s1. The minimum Gasteiger partial charge on any atom is -0.406 e. The monoisotopic (exact) mass is 763 g/mol. The Kier molecular flexibility index (Phi) is 11.4. The maximum atomic E-state index is 13.6. The quantitative estimate of drug-likeness (QED) is 0.143. The fourth-order valence-electron chi connectivity index (χ4n) is 5.36. The number of pyridine rings is 1. The molecule has 1 saturated heterocycles. The Hall–Kier alpha value is -4.68. The lowest BCUT2D eigenvalue weighted by Gasteiger charge is -2.30. The van der Waals surface area contributed by atoms with Crippen molar-refractivity contribution in [2.24, 2.45) is 0 Å². The number of hydrogen-bond acceptors (Lipinski definition) is 6. The first-order chi connectivity index (χ1) is 23.8. The maximum absolute atomic E-state index is 13.6. The lowest BCUT2D eigenvalue weighted by atomic mass is 9.93. The summed E-state index contributed by atoms with van der Waals surface area (Å²) in [5.74, 6) is -1.17. The van der Waals surface area contributed by atoms with Crippen LogP contribution in [0.3, 0.4) is 0 Å². The number of aryl methyl sites for hydroxylation is 1. The van der Waals surface area contributed by atoms with Crippen molar-refractivity contribution in [2.45, 2.75) is 68.4 Å². The second kappa shape index (κ2) is 14.7. The minimum atomic E-state index is -4.96. The van der Waals surface area contributed by atoms with Gasteiger partial charge in [0.1, 0.15) is 11.4 Å². The molecule has 280 valence electrons. The Labute approximate surface area is 292 Å². The highest BCUT2D eigenvalue weighted by Gasteiger charge is 2.44. The molecule has 8 nitrogen and oxygen atoms in total. The fraction of sp³-hybridized carbons (Fsp3) is 0.294. The van der Waals surface area contributed by atoms with Gasteiger partial charge in [0, 0.05) is 17.4 Å². The summed E-state index contributed by atoms with van der Waals surface area (Å²) >= 11 is 0. The van der Waals surface area contributed by atoms with Gasteiger partial charge in [-0.05, 0) is 92.9 Å². The molecule has 0 aliphatic carbocycles. The molecule has 0 unspecified atom stereocenters. The number of carbonyl (C=O) groups excluding carboxylic acids is 1. The summed E-state index contributed by atoms with van der Waals surface area (Å²) in [4.78, 5) is 18.2. The summed E-state index contributed by atoms with van der Waals surface area (Å²) in [6.07, 6.45) is -13.3. The maximum Gasteiger partial charge on any atom is 0.573 e. The summed E-state index contributed by atoms with van der Waals surface area (Å²) in [5, 5.41) is 3.06. The molecule has 1 fully saturated rings. The summed E-state index contributed by atoms with van der Waals surface area (Å²) in [6.45, 7) is 5.03. The number of nitrogens with one attached hydrogen (secondary N) is 1. The smallest absolute Gasteiger partial charge is 0.406 e. The number of amides is 1. The average Bonchev–Trinajstić information content (AvgIpc) is 3.35. The van der Waals surface area contributed by atoms with Gasteiger partial charge in [-0.25, -0.2) is 0 Å². The van der Waals surface area contributed by atoms with Crippen molar-refractivity contribution in [1.29, 1.82) is 0 Å². The Morgan fingerprint density at radius 3 is 1.94 bits per heavy atom. The van der Waals surface area contributed by atoms with Crippen LogP contribution in [-0.4, -0.2) is 36.3 Å². The number of nitrogens with zero attached hydrogens (tertiary/aromatic N) is 2. The van der Waals surface area contributed by atoms with Crippen LogP contribution in [0.4, 0.5) is 45.2 Å². The highest BCUT2D eigenvalue weighted by atomic mass is 32.2. The largest absolute Gasteiger partial charge is 0.573 e. The number of rotatable bonds is 7. The van der Waals surface area contributed by atoms with Gasteiger partial charge in [-0.3, -0.25) is 19.6 Å². The van der Waals surface area contributed by atoms with Gasteiger partial charge in [0.25, 0.3) is 10.1 Å². The molecule has 2 heterocycles. The number of alkyl halides is 9. The van der Waals surface area contributed by atoms with Gasteiger partial charge in [-0.2, -0.15) is 34.8 Å². The van der Waals surface area contributed by atoms with E-state index in [1.54, 1.807) is 26.0 Å². The zero-order chi connectivity index (χ0) is 38.9. The second-order valence-electron chi connectivity index (χ2n) is 12.2. The highest BCUT2D eigenvalue weighted by Crippen LogP contribution is 2.41. The average molecular weight is 764 g/mol. The summed E-state index contributed by atoms with van der Waals surface area (Å²) in [6, 6.07) is 14.6. The molecule has 0 spiro atoms. The van der Waals surface area contributed by atoms with Gasteiger partial charge in [0.2, 0.25) is 5.91 Å². The van der Waals surface area contributed by atoms with Gasteiger partial charge in [0.15, 0.2) is 0 Å². The minimum absolute atomic E-state index is 0.0571. The molecule has 1 aliphatic rings. The number of benzene rings is 3. The Bertz CT molecular complexity index is 1960. The first-order valence-corrected chi connectivity index (χ1v) is 16.5. The van der Waals surface area contributed by atoms with Crippen molar-refractivity contribution >= 4 is 21.7 Å². The molecule has 2 N–H and O–H groups in total. The van der Waals surface area contributed by atoms with E-state index in [9.17, 15) is 52.7 Å². The van der Waals surface area contributed by atoms with Crippen molar-refractivity contribution < 1.29 is 62.0 Å². The molecular weight excluding hydrogens is 733 g/mol. The van der Waals surface area contributed by atoms with Crippen LogP contribution in [0.25, 0.3) is 0 Å². The van der Waals surface area contributed by atoms with E-state index in [0.717, 1.165) is 42.1 Å². The normalized spacial score (nSPS) is 17.1. The lowest BCUT2D eigenvalue weighted by Crippen LogP contribution is -2.47. The molecule has 0 saturated carbocycles. The van der Waals surface area contributed by atoms with E-state index in [2.05, 4.69) is 15.0 Å². The number of aromatic nitrogens is 1. The van der Waals surface area contributed by atoms with Crippen molar-refractivity contribution in [3.8, 4) is 5.75 Å². The number of ether oxygens (including phenoxy) is 1. The number of anilines is 1. The molecule has 4 aromatic rings. The number of hydrogen-bond donors (Lipinski definition) is 2. The van der Waals surface area contributed by atoms with Gasteiger partial charge < -0.3 is 9.64 Å². The van der Waals surface area contributed by atoms with Gasteiger partial charge in [-0.15, -0.1) is 13.2 Å². The Balaban J connectivity index is 0.000000470. The summed E-state index contributed by atoms with van der Waals surface area (Å²) in [7, 11) is -4.02. The van der Waals surface area contributed by atoms with Gasteiger partial charge >= 0.3 is 18.7 Å². The molecule has 1 aliphatic heterocycles. The van der Waals surface area contributed by atoms with Crippen molar-refractivity contribution in [2.75, 3.05) is 4.90 Å². The van der Waals surface area contributed by atoms with Crippen LogP contribution in [0.5, 0.6) is 5.75 Å². The second-order valence-corrected chi connectivity index (χ2v) is 13.6. The SMILES string of the molecule is CC(C)(N[C@@H]1C[C@H](c2cccc(C(F)(F)F)c2)N(c2ccc(OC(F)(F)F)cc2)C1=O)c1ccc(C(F)(F)F)nc1.Cc1ccc(S(=O)(=O)O)cc1. The van der Waals surface area contributed by atoms with Crippen LogP contribution in [0.2, 0.25) is 0 Å². The molecular formula is C34H30F9N3O5S. The highest BCUT2D eigenvalue weighted by molar-refractivity contribution is 7.85. The summed E-state index contributed by atoms with van der Waals surface area (Å²) in [5.41, 5.74) is -1.69. The first-order valence-electron chi connectivity index (χ1n) is 15.1. The van der Waals surface area contributed by atoms with Crippen molar-refractivity contribution in [1.82, 2.24) is 10.3 Å². The zero-order valence-corrected chi connectivity index (χ0v) is 28.1. The third-order valence-corrected chi connectivity index (χ3v) is 8.75. The van der Waals surface area contributed by atoms with Crippen LogP contribution < -0.4 is 15.0 Å². The third kappa shape index (κ3) is 10.2. The van der Waals surface area contributed by atoms with E-state index in [0.29, 0.717) is 5.56 Å². The van der Waals surface area contributed by atoms with E-state index in [1.807, 2.05) is 6.92 Å². The van der Waals surface area contributed by atoms with E-state index >= 15 is 0 Å². The fourth-order valence-corrected chi connectivity index (χ4v) is 5.84. The van der Waals surface area contributed by atoms with Crippen molar-refractivity contribution in [3.63, 3.8) is 0 Å². The van der Waals surface area contributed by atoms with Crippen LogP contribution in [0, 0.1) is 6.92 Å². The molecule has 1 amide bonds. The summed E-state index contributed by atoms with van der Waals surface area (Å²) < 4.78 is 150. The van der Waals surface area contributed by atoms with Crippen LogP contribution in [0.1, 0.15) is 54.3 Å². The van der Waals surface area contributed by atoms with E-state index in [4.69, 9.17) is 4.55 Å². The molecule has 0 radical (unpaired) electrons. The molecule has 0 bridgehead atoms. The van der Waals surface area contributed by atoms with Gasteiger partial charge in [0.05, 0.1) is 22.5 Å². The van der Waals surface area contributed by atoms with Crippen LogP contribution in [0.15, 0.2) is 96.0 Å². The molecule has 3 aromatic carbocycles. The Morgan fingerprint density at radius 1 is 0.827 bits per heavy atom. The third-order valence-electron chi connectivity index (χ3n) is 7.88. The van der Waals surface area contributed by atoms with Crippen molar-refractivity contribution in [3.05, 3.63) is 119 Å². The molecule has 18 heteroatoms. The van der Waals surface area contributed by atoms with Crippen LogP contribution >= 0.6 is 0 Å². The first kappa shape index (κ1) is 40.1. The van der Waals surface area contributed by atoms with Gasteiger partial charge in [-0.1, -0.05) is 35.9 Å². The van der Waals surface area contributed by atoms with E-state index < -0.39 is 69.4 Å². The number of halogens is 9. The number of carbonyl (C=O) groups is 1. The topological polar surface area (TPSA) is 109 Å². The molecule has 5 rings (SSSR count). The van der Waals surface area contributed by atoms with E-state index in [1.165, 1.54) is 47.4 Å². The van der Waals surface area contributed by atoms with Crippen LogP contribution in [-0.2, 0) is 32.8 Å². The molecule has 2 atom stereocenters. The Morgan fingerprint density at radius 2 is 1.44 bits per heavy atom.